The lowest BCUT2D eigenvalue weighted by Gasteiger charge is -2.21. The van der Waals surface area contributed by atoms with Crippen LogP contribution in [-0.2, 0) is 9.47 Å². The molecule has 0 spiro atoms. The van der Waals surface area contributed by atoms with E-state index in [2.05, 4.69) is 11.9 Å². The number of benzene rings is 1. The number of nitrogens with zero attached hydrogens (tertiary/aromatic N) is 2. The lowest BCUT2D eigenvalue weighted by Crippen LogP contribution is -2.33. The molecule has 8 heteroatoms. The number of hydrogen-bond donors (Lipinski definition) is 1. The van der Waals surface area contributed by atoms with E-state index >= 15 is 0 Å². The quantitative estimate of drug-likeness (QED) is 0.641. The molecule has 0 radical (unpaired) electrons. The van der Waals surface area contributed by atoms with Gasteiger partial charge < -0.3 is 19.3 Å². The van der Waals surface area contributed by atoms with Gasteiger partial charge in [-0.2, -0.15) is 0 Å². The van der Waals surface area contributed by atoms with Crippen molar-refractivity contribution >= 4 is 28.6 Å². The van der Waals surface area contributed by atoms with Crippen molar-refractivity contribution in [3.63, 3.8) is 0 Å². The van der Waals surface area contributed by atoms with Crippen molar-refractivity contribution in [1.29, 1.82) is 0 Å². The van der Waals surface area contributed by atoms with Crippen LogP contribution in [0.2, 0.25) is 0 Å². The Balaban J connectivity index is 1.54. The maximum Gasteiger partial charge on any atom is 0.129 e. The predicted octanol–water partition coefficient (Wildman–Crippen LogP) is 2.30. The number of phenols is 1. The zero-order valence-electron chi connectivity index (χ0n) is 15.2. The molecule has 0 aliphatic carbocycles. The van der Waals surface area contributed by atoms with Gasteiger partial charge in [-0.25, -0.2) is 0 Å². The number of aliphatic imine (C=N–C) groups is 1. The summed E-state index contributed by atoms with van der Waals surface area (Å²) in [4.78, 5) is 7.24. The fraction of sp³-hybridized carbons (Fsp3) is 0.611. The van der Waals surface area contributed by atoms with Crippen LogP contribution in [0.25, 0.3) is 0 Å². The van der Waals surface area contributed by atoms with Gasteiger partial charge in [0.1, 0.15) is 23.1 Å². The lowest BCUT2D eigenvalue weighted by molar-refractivity contribution is 0.0544. The number of aromatic hydroxyl groups is 1. The molecule has 1 fully saturated rings. The molecule has 6 nitrogen and oxygen atoms in total. The molecular formula is C18H26N2O4S2. The number of phenolic OH excluding ortho intramolecular Hbond substituents is 1. The molecule has 0 amide bonds. The summed E-state index contributed by atoms with van der Waals surface area (Å²) in [5, 5.41) is 11.8. The molecule has 2 aliphatic heterocycles. The smallest absolute Gasteiger partial charge is 0.129 e. The van der Waals surface area contributed by atoms with Crippen LogP contribution in [0.4, 0.5) is 0 Å². The first-order valence-corrected chi connectivity index (χ1v) is 10.8. The van der Waals surface area contributed by atoms with E-state index in [-0.39, 0.29) is 11.8 Å². The molecular weight excluding hydrogens is 372 g/mol. The minimum atomic E-state index is 0.210. The summed E-state index contributed by atoms with van der Waals surface area (Å²) in [6, 6.07) is 5.69. The van der Waals surface area contributed by atoms with Gasteiger partial charge in [0, 0.05) is 36.8 Å². The minimum Gasteiger partial charge on any atom is -0.507 e. The summed E-state index contributed by atoms with van der Waals surface area (Å²) in [5.41, 5.74) is 0.784. The molecule has 2 heterocycles. The van der Waals surface area contributed by atoms with Crippen molar-refractivity contribution in [3.05, 3.63) is 23.8 Å². The van der Waals surface area contributed by atoms with Gasteiger partial charge in [-0.3, -0.25) is 9.89 Å². The van der Waals surface area contributed by atoms with Crippen molar-refractivity contribution in [1.82, 2.24) is 4.90 Å². The van der Waals surface area contributed by atoms with E-state index in [0.29, 0.717) is 37.6 Å². The van der Waals surface area contributed by atoms with Crippen LogP contribution >= 0.6 is 23.5 Å². The number of methoxy groups -OCH3 is 1. The first-order valence-electron chi connectivity index (χ1n) is 8.74. The zero-order chi connectivity index (χ0) is 18.4. The molecule has 26 heavy (non-hydrogen) atoms. The van der Waals surface area contributed by atoms with Crippen molar-refractivity contribution in [2.24, 2.45) is 4.99 Å². The molecule has 144 valence electrons. The van der Waals surface area contributed by atoms with Crippen molar-refractivity contribution in [2.45, 2.75) is 11.4 Å². The van der Waals surface area contributed by atoms with E-state index in [1.807, 2.05) is 23.9 Å². The Hall–Kier alpha value is -0.930. The summed E-state index contributed by atoms with van der Waals surface area (Å²) in [5.74, 6) is 2.97. The lowest BCUT2D eigenvalue weighted by atomic mass is 10.2. The average Bonchev–Trinajstić information content (AvgIpc) is 3.27. The summed E-state index contributed by atoms with van der Waals surface area (Å²) in [7, 11) is 3.80. The maximum absolute atomic E-state index is 10.4. The molecule has 1 aromatic carbocycles. The number of hydrogen-bond acceptors (Lipinski definition) is 8. The van der Waals surface area contributed by atoms with Crippen LogP contribution in [0.1, 0.15) is 5.56 Å². The van der Waals surface area contributed by atoms with Crippen LogP contribution in [0.3, 0.4) is 0 Å². The third kappa shape index (κ3) is 5.07. The third-order valence-electron chi connectivity index (χ3n) is 4.30. The number of likely N-dealkylation sites (N-methyl/N-ethyl adjacent to an activating group) is 1. The Morgan fingerprint density at radius 1 is 1.27 bits per heavy atom. The molecule has 0 saturated carbocycles. The molecule has 2 atom stereocenters. The molecule has 0 bridgehead atoms. The van der Waals surface area contributed by atoms with Crippen LogP contribution in [0.15, 0.2) is 23.2 Å². The summed E-state index contributed by atoms with van der Waals surface area (Å²) >= 11 is 3.69. The van der Waals surface area contributed by atoms with Crippen molar-refractivity contribution < 1.29 is 19.3 Å². The Kier molecular flexibility index (Phi) is 7.51. The van der Waals surface area contributed by atoms with Gasteiger partial charge in [-0.05, 0) is 19.2 Å². The van der Waals surface area contributed by atoms with E-state index in [1.54, 1.807) is 24.9 Å². The van der Waals surface area contributed by atoms with Gasteiger partial charge >= 0.3 is 0 Å². The first-order chi connectivity index (χ1) is 12.7. The zero-order valence-corrected chi connectivity index (χ0v) is 16.9. The van der Waals surface area contributed by atoms with E-state index < -0.39 is 0 Å². The Morgan fingerprint density at radius 3 is 2.85 bits per heavy atom. The predicted molar refractivity (Wildman–Crippen MR) is 108 cm³/mol. The largest absolute Gasteiger partial charge is 0.507 e. The molecule has 3 rings (SSSR count). The van der Waals surface area contributed by atoms with Crippen LogP contribution in [-0.4, -0.2) is 85.1 Å². The van der Waals surface area contributed by atoms with E-state index in [9.17, 15) is 5.11 Å². The van der Waals surface area contributed by atoms with E-state index in [1.165, 1.54) is 5.75 Å². The van der Waals surface area contributed by atoms with Gasteiger partial charge in [0.25, 0.3) is 0 Å². The molecule has 1 aromatic rings. The average molecular weight is 399 g/mol. The highest BCUT2D eigenvalue weighted by Crippen LogP contribution is 2.36. The monoisotopic (exact) mass is 398 g/mol. The van der Waals surface area contributed by atoms with Gasteiger partial charge in [0.2, 0.25) is 0 Å². The number of ether oxygens (including phenoxy) is 3. The summed E-state index contributed by atoms with van der Waals surface area (Å²) in [6.45, 7) is 3.17. The normalized spacial score (nSPS) is 23.4. The van der Waals surface area contributed by atoms with Gasteiger partial charge in [-0.1, -0.05) is 0 Å². The highest BCUT2D eigenvalue weighted by atomic mass is 32.2. The third-order valence-corrected chi connectivity index (χ3v) is 6.84. The SMILES string of the molecule is COCCOCCOc1ccc(C2=NC(C3SCCN3C)CS2)c(O)c1. The summed E-state index contributed by atoms with van der Waals surface area (Å²) in [6.07, 6.45) is 0. The van der Waals surface area contributed by atoms with E-state index in [0.717, 1.165) is 22.9 Å². The van der Waals surface area contributed by atoms with Gasteiger partial charge in [0.05, 0.1) is 31.2 Å². The fourth-order valence-corrected chi connectivity index (χ4v) is 5.52. The van der Waals surface area contributed by atoms with Gasteiger partial charge in [0.15, 0.2) is 0 Å². The second kappa shape index (κ2) is 9.85. The van der Waals surface area contributed by atoms with Crippen molar-refractivity contribution in [3.8, 4) is 11.5 Å². The maximum atomic E-state index is 10.4. The highest BCUT2D eigenvalue weighted by molar-refractivity contribution is 8.14. The fourth-order valence-electron chi connectivity index (χ4n) is 2.90. The topological polar surface area (TPSA) is 63.5 Å². The first kappa shape index (κ1) is 19.8. The van der Waals surface area contributed by atoms with Crippen molar-refractivity contribution in [2.75, 3.05) is 58.6 Å². The summed E-state index contributed by atoms with van der Waals surface area (Å²) < 4.78 is 15.9. The molecule has 1 N–H and O–H groups in total. The van der Waals surface area contributed by atoms with Crippen LogP contribution in [0.5, 0.6) is 11.5 Å². The Morgan fingerprint density at radius 2 is 2.12 bits per heavy atom. The second-order valence-electron chi connectivity index (χ2n) is 6.19. The minimum absolute atomic E-state index is 0.210. The standard InChI is InChI=1S/C18H26N2O4S2/c1-20-5-10-25-18(20)15-12-26-17(19-15)14-4-3-13(11-16(14)21)24-9-8-23-7-6-22-2/h3-4,11,15,18,21H,5-10,12H2,1-2H3. The van der Waals surface area contributed by atoms with E-state index in [4.69, 9.17) is 19.2 Å². The molecule has 2 unspecified atom stereocenters. The molecule has 0 aromatic heterocycles. The van der Waals surface area contributed by atoms with Crippen LogP contribution in [0, 0.1) is 0 Å². The number of thioether (sulfide) groups is 2. The number of rotatable bonds is 9. The Bertz CT molecular complexity index is 629. The highest BCUT2D eigenvalue weighted by Gasteiger charge is 2.33. The second-order valence-corrected chi connectivity index (χ2v) is 8.42. The Labute approximate surface area is 163 Å². The van der Waals surface area contributed by atoms with Gasteiger partial charge in [-0.15, -0.1) is 23.5 Å². The molecule has 2 aliphatic rings. The van der Waals surface area contributed by atoms with Crippen LogP contribution < -0.4 is 4.74 Å². The molecule has 1 saturated heterocycles.